The molecule has 2 heterocycles. The lowest BCUT2D eigenvalue weighted by molar-refractivity contribution is -0.209. The molecule has 7 nitrogen and oxygen atoms in total. The van der Waals surface area contributed by atoms with Gasteiger partial charge in [-0.3, -0.25) is 4.57 Å². The fourth-order valence-electron chi connectivity index (χ4n) is 2.73. The molecule has 0 amide bonds. The van der Waals surface area contributed by atoms with Gasteiger partial charge < -0.3 is 25.4 Å². The highest BCUT2D eigenvalue weighted by atomic mass is 35.5. The smallest absolute Gasteiger partial charge is 0.206 e. The van der Waals surface area contributed by atoms with E-state index in [0.717, 1.165) is 0 Å². The van der Waals surface area contributed by atoms with Crippen LogP contribution in [-0.2, 0) is 4.74 Å². The summed E-state index contributed by atoms with van der Waals surface area (Å²) in [5, 5.41) is 33.9. The number of hydrogen-bond acceptors (Lipinski definition) is 6. The van der Waals surface area contributed by atoms with Gasteiger partial charge >= 0.3 is 0 Å². The summed E-state index contributed by atoms with van der Waals surface area (Å²) in [6.07, 6.45) is -4.72. The highest BCUT2D eigenvalue weighted by molar-refractivity contribution is 6.42. The van der Waals surface area contributed by atoms with Gasteiger partial charge in [0.1, 0.15) is 18.3 Å². The topological polar surface area (TPSA) is 99.8 Å². The van der Waals surface area contributed by atoms with Crippen LogP contribution in [-0.4, -0.2) is 55.8 Å². The standard InChI is InChI=1S/C15H19Cl2N3O4/c1-6(2)18-15-19-9-3-7(16)8(17)4-10(9)20(15)14-13(23)12(22)11(21)5-24-14/h3-4,6,11-14,21-23H,5H2,1-2H3,(H,18,19)/t11-,12-,13+,14-/m1/s1. The van der Waals surface area contributed by atoms with Crippen molar-refractivity contribution in [1.82, 2.24) is 9.55 Å². The van der Waals surface area contributed by atoms with E-state index in [1.54, 1.807) is 16.7 Å². The Kier molecular flexibility index (Phi) is 4.92. The van der Waals surface area contributed by atoms with Crippen molar-refractivity contribution in [2.24, 2.45) is 0 Å². The molecule has 0 saturated carbocycles. The highest BCUT2D eigenvalue weighted by Crippen LogP contribution is 2.35. The number of hydrogen-bond donors (Lipinski definition) is 4. The van der Waals surface area contributed by atoms with Gasteiger partial charge in [-0.2, -0.15) is 0 Å². The van der Waals surface area contributed by atoms with Crippen molar-refractivity contribution < 1.29 is 20.1 Å². The van der Waals surface area contributed by atoms with Gasteiger partial charge in [0, 0.05) is 6.04 Å². The summed E-state index contributed by atoms with van der Waals surface area (Å²) in [4.78, 5) is 4.48. The van der Waals surface area contributed by atoms with Crippen LogP contribution in [0.5, 0.6) is 0 Å². The summed E-state index contributed by atoms with van der Waals surface area (Å²) in [5.41, 5.74) is 1.17. The Morgan fingerprint density at radius 1 is 1.21 bits per heavy atom. The summed E-state index contributed by atoms with van der Waals surface area (Å²) < 4.78 is 7.19. The molecule has 1 aliphatic heterocycles. The minimum absolute atomic E-state index is 0.0720. The molecule has 0 spiro atoms. The van der Waals surface area contributed by atoms with Gasteiger partial charge in [0.2, 0.25) is 5.95 Å². The molecule has 9 heteroatoms. The van der Waals surface area contributed by atoms with E-state index >= 15 is 0 Å². The van der Waals surface area contributed by atoms with Crippen molar-refractivity contribution in [3.63, 3.8) is 0 Å². The predicted octanol–water partition coefficient (Wildman–Crippen LogP) is 1.77. The Morgan fingerprint density at radius 3 is 2.54 bits per heavy atom. The molecule has 1 aromatic heterocycles. The summed E-state index contributed by atoms with van der Waals surface area (Å²) in [7, 11) is 0. The van der Waals surface area contributed by atoms with Gasteiger partial charge in [0.15, 0.2) is 6.23 Å². The number of anilines is 1. The predicted molar refractivity (Wildman–Crippen MR) is 91.5 cm³/mol. The monoisotopic (exact) mass is 375 g/mol. The molecule has 0 radical (unpaired) electrons. The van der Waals surface area contributed by atoms with E-state index in [9.17, 15) is 15.3 Å². The van der Waals surface area contributed by atoms with Crippen molar-refractivity contribution in [2.45, 2.75) is 44.4 Å². The first kappa shape index (κ1) is 17.7. The van der Waals surface area contributed by atoms with E-state index < -0.39 is 24.5 Å². The molecule has 1 aromatic carbocycles. The molecule has 132 valence electrons. The van der Waals surface area contributed by atoms with Crippen LogP contribution in [0.2, 0.25) is 10.0 Å². The van der Waals surface area contributed by atoms with Crippen LogP contribution in [0.1, 0.15) is 20.1 Å². The first-order valence-corrected chi connectivity index (χ1v) is 8.34. The Balaban J connectivity index is 2.15. The second-order valence-corrected chi connectivity index (χ2v) is 6.95. The fraction of sp³-hybridized carbons (Fsp3) is 0.533. The molecule has 1 saturated heterocycles. The average Bonchev–Trinajstić information content (AvgIpc) is 2.82. The van der Waals surface area contributed by atoms with E-state index in [4.69, 9.17) is 27.9 Å². The van der Waals surface area contributed by atoms with Crippen LogP contribution in [0.25, 0.3) is 11.0 Å². The maximum Gasteiger partial charge on any atom is 0.206 e. The Hall–Kier alpha value is -1.09. The van der Waals surface area contributed by atoms with Crippen LogP contribution in [0.3, 0.4) is 0 Å². The molecule has 1 aliphatic rings. The van der Waals surface area contributed by atoms with Crippen molar-refractivity contribution in [1.29, 1.82) is 0 Å². The average molecular weight is 376 g/mol. The number of benzene rings is 1. The number of ether oxygens (including phenoxy) is 1. The third kappa shape index (κ3) is 3.08. The van der Waals surface area contributed by atoms with E-state index in [1.165, 1.54) is 0 Å². The molecule has 3 rings (SSSR count). The normalized spacial score (nSPS) is 27.8. The van der Waals surface area contributed by atoms with Crippen LogP contribution >= 0.6 is 23.2 Å². The summed E-state index contributed by atoms with van der Waals surface area (Å²) in [6.45, 7) is 3.78. The molecule has 0 bridgehead atoms. The summed E-state index contributed by atoms with van der Waals surface area (Å²) >= 11 is 12.2. The zero-order chi connectivity index (χ0) is 17.6. The molecule has 1 fully saturated rings. The first-order chi connectivity index (χ1) is 11.3. The van der Waals surface area contributed by atoms with E-state index in [1.807, 2.05) is 13.8 Å². The SMILES string of the molecule is CC(C)Nc1nc2cc(Cl)c(Cl)cc2n1[C@@H]1OC[C@@H](O)[C@@H](O)[C@@H]1O. The maximum absolute atomic E-state index is 10.4. The zero-order valence-electron chi connectivity index (χ0n) is 13.1. The second-order valence-electron chi connectivity index (χ2n) is 6.13. The second kappa shape index (κ2) is 6.67. The van der Waals surface area contributed by atoms with Gasteiger partial charge in [0.25, 0.3) is 0 Å². The van der Waals surface area contributed by atoms with Crippen molar-refractivity contribution in [3.05, 3.63) is 22.2 Å². The number of nitrogens with one attached hydrogen (secondary N) is 1. The van der Waals surface area contributed by atoms with Gasteiger partial charge in [-0.25, -0.2) is 4.98 Å². The van der Waals surface area contributed by atoms with E-state index in [2.05, 4.69) is 10.3 Å². The van der Waals surface area contributed by atoms with Crippen molar-refractivity contribution in [3.8, 4) is 0 Å². The zero-order valence-corrected chi connectivity index (χ0v) is 14.7. The Morgan fingerprint density at radius 2 is 1.88 bits per heavy atom. The van der Waals surface area contributed by atoms with Crippen LogP contribution in [0.4, 0.5) is 5.95 Å². The summed E-state index contributed by atoms with van der Waals surface area (Å²) in [6, 6.07) is 3.33. The van der Waals surface area contributed by atoms with Gasteiger partial charge in [-0.05, 0) is 26.0 Å². The van der Waals surface area contributed by atoms with Crippen LogP contribution < -0.4 is 5.32 Å². The third-order valence-corrected chi connectivity index (χ3v) is 4.60. The minimum atomic E-state index is -1.33. The third-order valence-electron chi connectivity index (χ3n) is 3.88. The molecule has 0 aliphatic carbocycles. The lowest BCUT2D eigenvalue weighted by Gasteiger charge is -2.36. The Labute approximate surface area is 148 Å². The number of aliphatic hydroxyl groups is 3. The molecular weight excluding hydrogens is 357 g/mol. The van der Waals surface area contributed by atoms with Gasteiger partial charge in [0.05, 0.1) is 27.7 Å². The minimum Gasteiger partial charge on any atom is -0.388 e. The quantitative estimate of drug-likeness (QED) is 0.652. The number of nitrogens with zero attached hydrogens (tertiary/aromatic N) is 2. The molecule has 0 unspecified atom stereocenters. The number of aliphatic hydroxyl groups excluding tert-OH is 3. The number of rotatable bonds is 3. The molecule has 24 heavy (non-hydrogen) atoms. The lowest BCUT2D eigenvalue weighted by atomic mass is 10.0. The molecular formula is C15H19Cl2N3O4. The van der Waals surface area contributed by atoms with Crippen LogP contribution in [0.15, 0.2) is 12.1 Å². The summed E-state index contributed by atoms with van der Waals surface area (Å²) in [5.74, 6) is 0.450. The number of halogens is 2. The fourth-order valence-corrected chi connectivity index (χ4v) is 3.04. The van der Waals surface area contributed by atoms with Gasteiger partial charge in [-0.1, -0.05) is 23.2 Å². The molecule has 4 atom stereocenters. The number of aromatic nitrogens is 2. The maximum atomic E-state index is 10.4. The molecule has 4 N–H and O–H groups in total. The number of imidazole rings is 1. The van der Waals surface area contributed by atoms with Crippen molar-refractivity contribution in [2.75, 3.05) is 11.9 Å². The van der Waals surface area contributed by atoms with E-state index in [0.29, 0.717) is 27.0 Å². The highest BCUT2D eigenvalue weighted by Gasteiger charge is 2.40. The lowest BCUT2D eigenvalue weighted by Crippen LogP contribution is -2.50. The molecule has 2 aromatic rings. The number of fused-ring (bicyclic) bond motifs is 1. The van der Waals surface area contributed by atoms with E-state index in [-0.39, 0.29) is 12.6 Å². The van der Waals surface area contributed by atoms with Gasteiger partial charge in [-0.15, -0.1) is 0 Å². The Bertz CT molecular complexity index is 752. The van der Waals surface area contributed by atoms with Crippen LogP contribution in [0, 0.1) is 0 Å². The largest absolute Gasteiger partial charge is 0.388 e. The first-order valence-electron chi connectivity index (χ1n) is 7.59. The van der Waals surface area contributed by atoms with Crippen molar-refractivity contribution >= 4 is 40.2 Å².